The van der Waals surface area contributed by atoms with E-state index in [1.165, 1.54) is 0 Å². The maximum atomic E-state index is 12.7. The molecule has 0 aliphatic rings. The molecule has 0 saturated carbocycles. The van der Waals surface area contributed by atoms with Crippen molar-refractivity contribution >= 4 is 18.1 Å². The molecule has 64 valence electrons. The highest BCUT2D eigenvalue weighted by Gasteiger charge is 1.99. The molecule has 0 heterocycles. The maximum Gasteiger partial charge on any atom is 0.132 e. The van der Waals surface area contributed by atoms with Crippen LogP contribution in [0.2, 0.25) is 0 Å². The van der Waals surface area contributed by atoms with Gasteiger partial charge in [0.1, 0.15) is 23.5 Å². The van der Waals surface area contributed by atoms with E-state index in [9.17, 15) is 13.0 Å². The lowest BCUT2D eigenvalue weighted by Crippen LogP contribution is -1.89. The van der Waals surface area contributed by atoms with Crippen LogP contribution in [0.25, 0.3) is 0 Å². The molecule has 0 aliphatic carbocycles. The van der Waals surface area contributed by atoms with Crippen LogP contribution in [-0.2, 0) is 11.9 Å². The topological polar surface area (TPSA) is 29.4 Å². The second-order valence-electron chi connectivity index (χ2n) is 1.99. The predicted molar refractivity (Wildman–Crippen MR) is 43.5 cm³/mol. The van der Waals surface area contributed by atoms with Crippen molar-refractivity contribution in [2.24, 2.45) is 4.40 Å². The van der Waals surface area contributed by atoms with Gasteiger partial charge in [0.2, 0.25) is 0 Å². The summed E-state index contributed by atoms with van der Waals surface area (Å²) in [6.45, 7) is 0. The molecule has 0 spiro atoms. The van der Waals surface area contributed by atoms with Crippen molar-refractivity contribution in [2.75, 3.05) is 0 Å². The number of hydrogen-bond donors (Lipinski definition) is 1. The van der Waals surface area contributed by atoms with Crippen LogP contribution in [0.1, 0.15) is 5.56 Å². The lowest BCUT2D eigenvalue weighted by Gasteiger charge is -1.93. The van der Waals surface area contributed by atoms with E-state index in [1.807, 2.05) is 0 Å². The van der Waals surface area contributed by atoms with E-state index in [1.54, 1.807) is 0 Å². The Hall–Kier alpha value is -1.10. The molecule has 0 atom stereocenters. The van der Waals surface area contributed by atoms with Crippen LogP contribution in [0.4, 0.5) is 8.78 Å². The van der Waals surface area contributed by atoms with Crippen molar-refractivity contribution in [1.29, 1.82) is 0 Å². The SMILES string of the molecule is O=[SH]/N=C/c1cc(F)ccc1F. The molecule has 1 rings (SSSR count). The van der Waals surface area contributed by atoms with Crippen LogP contribution in [0, 0.1) is 11.6 Å². The lowest BCUT2D eigenvalue weighted by molar-refractivity contribution is 0.598. The number of rotatable bonds is 2. The summed E-state index contributed by atoms with van der Waals surface area (Å²) in [6.07, 6.45) is 1.01. The van der Waals surface area contributed by atoms with Crippen molar-refractivity contribution in [3.05, 3.63) is 35.4 Å². The van der Waals surface area contributed by atoms with Crippen LogP contribution in [0.5, 0.6) is 0 Å². The second-order valence-corrected chi connectivity index (χ2v) is 2.39. The molecule has 0 aliphatic heterocycles. The minimum atomic E-state index is -0.594. The predicted octanol–water partition coefficient (Wildman–Crippen LogP) is 1.24. The zero-order valence-electron chi connectivity index (χ0n) is 5.87. The van der Waals surface area contributed by atoms with Crippen LogP contribution >= 0.6 is 0 Å². The zero-order chi connectivity index (χ0) is 8.97. The average molecular weight is 189 g/mol. The summed E-state index contributed by atoms with van der Waals surface area (Å²) in [7, 11) is 0. The Kier molecular flexibility index (Phi) is 3.04. The first-order chi connectivity index (χ1) is 5.74. The standard InChI is InChI=1S/C7H5F2NOS/c8-6-1-2-7(9)5(3-6)4-10-12-11/h1-4,12H/b10-4+. The highest BCUT2D eigenvalue weighted by molar-refractivity contribution is 7.64. The molecule has 0 unspecified atom stereocenters. The van der Waals surface area contributed by atoms with E-state index < -0.39 is 23.5 Å². The molecule has 1 aromatic rings. The van der Waals surface area contributed by atoms with Crippen LogP contribution in [-0.4, -0.2) is 10.4 Å². The molecule has 0 aromatic heterocycles. The fourth-order valence-electron chi connectivity index (χ4n) is 0.699. The normalized spacial score (nSPS) is 10.8. The summed E-state index contributed by atoms with van der Waals surface area (Å²) in [5.74, 6) is -1.15. The molecule has 0 amide bonds. The summed E-state index contributed by atoms with van der Waals surface area (Å²) < 4.78 is 38.3. The fraction of sp³-hybridized carbons (Fsp3) is 0. The zero-order valence-corrected chi connectivity index (χ0v) is 6.76. The van der Waals surface area contributed by atoms with E-state index in [0.717, 1.165) is 24.4 Å². The Bertz CT molecular complexity index is 327. The molecule has 0 saturated heterocycles. The van der Waals surface area contributed by atoms with E-state index >= 15 is 0 Å². The monoisotopic (exact) mass is 189 g/mol. The van der Waals surface area contributed by atoms with Crippen molar-refractivity contribution in [3.63, 3.8) is 0 Å². The van der Waals surface area contributed by atoms with E-state index in [4.69, 9.17) is 0 Å². The molecule has 12 heavy (non-hydrogen) atoms. The lowest BCUT2D eigenvalue weighted by atomic mass is 10.2. The Morgan fingerprint density at radius 2 is 2.17 bits per heavy atom. The van der Waals surface area contributed by atoms with Gasteiger partial charge in [-0.25, -0.2) is 13.0 Å². The van der Waals surface area contributed by atoms with Gasteiger partial charge in [-0.3, -0.25) is 0 Å². The fourth-order valence-corrected chi connectivity index (χ4v) is 0.871. The first-order valence-corrected chi connectivity index (χ1v) is 3.81. The minimum absolute atomic E-state index is 0.0154. The number of halogens is 2. The quantitative estimate of drug-likeness (QED) is 0.550. The van der Waals surface area contributed by atoms with Crippen LogP contribution in [0.15, 0.2) is 22.6 Å². The minimum Gasteiger partial charge on any atom is -0.238 e. The van der Waals surface area contributed by atoms with Crippen LogP contribution in [0.3, 0.4) is 0 Å². The highest BCUT2D eigenvalue weighted by atomic mass is 32.2. The van der Waals surface area contributed by atoms with Gasteiger partial charge in [0.15, 0.2) is 0 Å². The third-order valence-electron chi connectivity index (χ3n) is 1.20. The van der Waals surface area contributed by atoms with E-state index in [0.29, 0.717) is 0 Å². The second kappa shape index (κ2) is 4.06. The number of benzene rings is 1. The Morgan fingerprint density at radius 3 is 2.83 bits per heavy atom. The van der Waals surface area contributed by atoms with Crippen molar-refractivity contribution in [2.45, 2.75) is 0 Å². The Morgan fingerprint density at radius 1 is 1.42 bits per heavy atom. The van der Waals surface area contributed by atoms with Gasteiger partial charge in [-0.2, -0.15) is 4.40 Å². The van der Waals surface area contributed by atoms with Gasteiger partial charge in [0.05, 0.1) is 0 Å². The van der Waals surface area contributed by atoms with E-state index in [2.05, 4.69) is 4.40 Å². The van der Waals surface area contributed by atoms with Gasteiger partial charge in [0, 0.05) is 11.8 Å². The first kappa shape index (κ1) is 8.99. The smallest absolute Gasteiger partial charge is 0.132 e. The Balaban J connectivity index is 3.04. The molecule has 1 aromatic carbocycles. The van der Waals surface area contributed by atoms with Crippen molar-refractivity contribution in [3.8, 4) is 0 Å². The van der Waals surface area contributed by atoms with Gasteiger partial charge in [-0.15, -0.1) is 0 Å². The van der Waals surface area contributed by atoms with Gasteiger partial charge in [-0.05, 0) is 18.2 Å². The number of nitrogens with zero attached hydrogens (tertiary/aromatic N) is 1. The van der Waals surface area contributed by atoms with Crippen LogP contribution < -0.4 is 0 Å². The van der Waals surface area contributed by atoms with Gasteiger partial charge < -0.3 is 0 Å². The highest BCUT2D eigenvalue weighted by Crippen LogP contribution is 2.06. The number of hydrogen-bond acceptors (Lipinski definition) is 1. The summed E-state index contributed by atoms with van der Waals surface area (Å²) in [5, 5.41) is 0. The molecular weight excluding hydrogens is 184 g/mol. The summed E-state index contributed by atoms with van der Waals surface area (Å²) >= 11 is -0.476. The summed E-state index contributed by atoms with van der Waals surface area (Å²) in [6, 6.07) is 2.96. The molecular formula is C7H5F2NOS. The largest absolute Gasteiger partial charge is 0.238 e. The third-order valence-corrected chi connectivity index (χ3v) is 1.41. The Labute approximate surface area is 71.6 Å². The molecule has 5 heteroatoms. The van der Waals surface area contributed by atoms with Crippen molar-refractivity contribution < 1.29 is 13.0 Å². The molecule has 0 fully saturated rings. The summed E-state index contributed by atoms with van der Waals surface area (Å²) in [4.78, 5) is 0. The van der Waals surface area contributed by atoms with Gasteiger partial charge in [-0.1, -0.05) is 0 Å². The van der Waals surface area contributed by atoms with Gasteiger partial charge in [0.25, 0.3) is 0 Å². The molecule has 2 nitrogen and oxygen atoms in total. The number of thiol groups is 1. The molecule has 0 bridgehead atoms. The third kappa shape index (κ3) is 2.20. The van der Waals surface area contributed by atoms with E-state index in [-0.39, 0.29) is 5.56 Å². The van der Waals surface area contributed by atoms with Gasteiger partial charge >= 0.3 is 0 Å². The maximum absolute atomic E-state index is 12.7. The summed E-state index contributed by atoms with van der Waals surface area (Å²) in [5.41, 5.74) is -0.0154. The average Bonchev–Trinajstić information content (AvgIpc) is 2.07. The van der Waals surface area contributed by atoms with Crippen molar-refractivity contribution in [1.82, 2.24) is 0 Å². The molecule has 0 radical (unpaired) electrons. The molecule has 0 N–H and O–H groups in total. The first-order valence-electron chi connectivity index (χ1n) is 3.05.